The smallest absolute Gasteiger partial charge is 0.223 e. The van der Waals surface area contributed by atoms with Crippen LogP contribution in [0, 0.1) is 18.8 Å². The van der Waals surface area contributed by atoms with Crippen LogP contribution in [-0.2, 0) is 11.3 Å². The monoisotopic (exact) mass is 246 g/mol. The summed E-state index contributed by atoms with van der Waals surface area (Å²) in [4.78, 5) is 13.9. The summed E-state index contributed by atoms with van der Waals surface area (Å²) in [6.45, 7) is 4.83. The van der Waals surface area contributed by atoms with E-state index in [4.69, 9.17) is 0 Å². The first-order valence-electron chi connectivity index (χ1n) is 6.53. The average molecular weight is 246 g/mol. The molecule has 18 heavy (non-hydrogen) atoms. The van der Waals surface area contributed by atoms with Crippen molar-refractivity contribution in [2.45, 2.75) is 26.8 Å². The van der Waals surface area contributed by atoms with E-state index in [1.165, 1.54) is 16.8 Å². The highest BCUT2D eigenvalue weighted by Crippen LogP contribution is 2.37. The SMILES string of the molecule is Cc1ccc(CNC(=O)[C@@H]2C[C@H]2C)c(N(C)C)c1. The van der Waals surface area contributed by atoms with Gasteiger partial charge >= 0.3 is 0 Å². The number of rotatable bonds is 4. The molecule has 1 aliphatic rings. The van der Waals surface area contributed by atoms with E-state index in [1.807, 2.05) is 14.1 Å². The van der Waals surface area contributed by atoms with E-state index in [1.54, 1.807) is 0 Å². The van der Waals surface area contributed by atoms with Crippen molar-refractivity contribution in [3.05, 3.63) is 29.3 Å². The fraction of sp³-hybridized carbons (Fsp3) is 0.533. The van der Waals surface area contributed by atoms with E-state index in [2.05, 4.69) is 42.3 Å². The predicted octanol–water partition coefficient (Wildman–Crippen LogP) is 2.33. The van der Waals surface area contributed by atoms with Crippen LogP contribution < -0.4 is 10.2 Å². The standard InChI is InChI=1S/C15H22N2O/c1-10-5-6-12(14(7-10)17(3)4)9-16-15(18)13-8-11(13)2/h5-7,11,13H,8-9H2,1-4H3,(H,16,18)/t11-,13-/m1/s1. The minimum atomic E-state index is 0.202. The highest BCUT2D eigenvalue weighted by atomic mass is 16.2. The third-order valence-corrected chi connectivity index (χ3v) is 3.62. The Morgan fingerprint density at radius 2 is 2.11 bits per heavy atom. The largest absolute Gasteiger partial charge is 0.377 e. The molecule has 1 N–H and O–H groups in total. The van der Waals surface area contributed by atoms with Gasteiger partial charge in [0, 0.05) is 32.2 Å². The van der Waals surface area contributed by atoms with Crippen LogP contribution >= 0.6 is 0 Å². The number of hydrogen-bond donors (Lipinski definition) is 1. The van der Waals surface area contributed by atoms with Crippen molar-refractivity contribution in [3.8, 4) is 0 Å². The molecular weight excluding hydrogens is 224 g/mol. The van der Waals surface area contributed by atoms with E-state index < -0.39 is 0 Å². The summed E-state index contributed by atoms with van der Waals surface area (Å²) in [6.07, 6.45) is 1.04. The van der Waals surface area contributed by atoms with Gasteiger partial charge in [0.25, 0.3) is 0 Å². The highest BCUT2D eigenvalue weighted by molar-refractivity contribution is 5.81. The van der Waals surface area contributed by atoms with Gasteiger partial charge < -0.3 is 10.2 Å². The number of carbonyl (C=O) groups is 1. The summed E-state index contributed by atoms with van der Waals surface area (Å²) in [5.41, 5.74) is 3.59. The minimum absolute atomic E-state index is 0.202. The quantitative estimate of drug-likeness (QED) is 0.884. The summed E-state index contributed by atoms with van der Waals surface area (Å²) in [6, 6.07) is 6.34. The summed E-state index contributed by atoms with van der Waals surface area (Å²) >= 11 is 0. The van der Waals surface area contributed by atoms with Crippen molar-refractivity contribution in [2.75, 3.05) is 19.0 Å². The van der Waals surface area contributed by atoms with Crippen molar-refractivity contribution in [1.29, 1.82) is 0 Å². The number of hydrogen-bond acceptors (Lipinski definition) is 2. The molecule has 1 aromatic carbocycles. The van der Waals surface area contributed by atoms with Gasteiger partial charge in [-0.15, -0.1) is 0 Å². The number of anilines is 1. The van der Waals surface area contributed by atoms with Gasteiger partial charge in [0.2, 0.25) is 5.91 Å². The Labute approximate surface area is 109 Å². The topological polar surface area (TPSA) is 32.3 Å². The average Bonchev–Trinajstić information content (AvgIpc) is 3.04. The Balaban J connectivity index is 2.02. The van der Waals surface area contributed by atoms with Crippen molar-refractivity contribution in [2.24, 2.45) is 11.8 Å². The van der Waals surface area contributed by atoms with Gasteiger partial charge in [0.05, 0.1) is 0 Å². The van der Waals surface area contributed by atoms with E-state index in [-0.39, 0.29) is 11.8 Å². The van der Waals surface area contributed by atoms with Crippen LogP contribution in [0.2, 0.25) is 0 Å². The molecule has 1 fully saturated rings. The number of amides is 1. The van der Waals surface area contributed by atoms with Crippen LogP contribution in [0.15, 0.2) is 18.2 Å². The molecule has 0 saturated heterocycles. The second-order valence-corrected chi connectivity index (χ2v) is 5.56. The fourth-order valence-corrected chi connectivity index (χ4v) is 2.24. The third-order valence-electron chi connectivity index (χ3n) is 3.62. The van der Waals surface area contributed by atoms with Gasteiger partial charge in [-0.3, -0.25) is 4.79 Å². The molecular formula is C15H22N2O. The Morgan fingerprint density at radius 3 is 2.67 bits per heavy atom. The lowest BCUT2D eigenvalue weighted by molar-refractivity contribution is -0.122. The van der Waals surface area contributed by atoms with Crippen LogP contribution in [0.3, 0.4) is 0 Å². The maximum Gasteiger partial charge on any atom is 0.223 e. The first-order chi connectivity index (χ1) is 8.49. The first-order valence-corrected chi connectivity index (χ1v) is 6.53. The molecule has 0 spiro atoms. The molecule has 1 aromatic rings. The zero-order valence-electron chi connectivity index (χ0n) is 11.7. The molecule has 3 heteroatoms. The number of benzene rings is 1. The van der Waals surface area contributed by atoms with Gasteiger partial charge in [0.1, 0.15) is 0 Å². The van der Waals surface area contributed by atoms with Gasteiger partial charge in [0.15, 0.2) is 0 Å². The molecule has 0 bridgehead atoms. The van der Waals surface area contributed by atoms with Gasteiger partial charge in [-0.1, -0.05) is 19.1 Å². The molecule has 2 atom stereocenters. The van der Waals surface area contributed by atoms with Crippen LogP contribution in [-0.4, -0.2) is 20.0 Å². The number of aryl methyl sites for hydroxylation is 1. The molecule has 0 heterocycles. The molecule has 1 aliphatic carbocycles. The van der Waals surface area contributed by atoms with Crippen molar-refractivity contribution in [1.82, 2.24) is 5.32 Å². The second kappa shape index (κ2) is 5.01. The third kappa shape index (κ3) is 2.84. The Hall–Kier alpha value is -1.51. The van der Waals surface area contributed by atoms with Gasteiger partial charge in [-0.05, 0) is 36.5 Å². The molecule has 0 unspecified atom stereocenters. The highest BCUT2D eigenvalue weighted by Gasteiger charge is 2.38. The van der Waals surface area contributed by atoms with E-state index in [9.17, 15) is 4.79 Å². The lowest BCUT2D eigenvalue weighted by Gasteiger charge is -2.18. The lowest BCUT2D eigenvalue weighted by Crippen LogP contribution is -2.26. The predicted molar refractivity (Wildman–Crippen MR) is 74.6 cm³/mol. The maximum atomic E-state index is 11.8. The van der Waals surface area contributed by atoms with E-state index in [0.29, 0.717) is 12.5 Å². The normalized spacial score (nSPS) is 21.6. The van der Waals surface area contributed by atoms with E-state index >= 15 is 0 Å². The van der Waals surface area contributed by atoms with Crippen molar-refractivity contribution >= 4 is 11.6 Å². The molecule has 1 saturated carbocycles. The lowest BCUT2D eigenvalue weighted by atomic mass is 10.1. The molecule has 1 amide bonds. The molecule has 0 aliphatic heterocycles. The first kappa shape index (κ1) is 12.9. The Bertz CT molecular complexity index is 454. The molecule has 98 valence electrons. The molecule has 2 rings (SSSR count). The summed E-state index contributed by atoms with van der Waals surface area (Å²) in [5, 5.41) is 3.04. The second-order valence-electron chi connectivity index (χ2n) is 5.56. The van der Waals surface area contributed by atoms with Crippen LogP contribution in [0.5, 0.6) is 0 Å². The van der Waals surface area contributed by atoms with Gasteiger partial charge in [-0.2, -0.15) is 0 Å². The van der Waals surface area contributed by atoms with Crippen LogP contribution in [0.4, 0.5) is 5.69 Å². The maximum absolute atomic E-state index is 11.8. The number of nitrogens with one attached hydrogen (secondary N) is 1. The zero-order valence-corrected chi connectivity index (χ0v) is 11.7. The fourth-order valence-electron chi connectivity index (χ4n) is 2.24. The van der Waals surface area contributed by atoms with Crippen LogP contribution in [0.25, 0.3) is 0 Å². The summed E-state index contributed by atoms with van der Waals surface area (Å²) < 4.78 is 0. The van der Waals surface area contributed by atoms with Crippen molar-refractivity contribution < 1.29 is 4.79 Å². The van der Waals surface area contributed by atoms with Gasteiger partial charge in [-0.25, -0.2) is 0 Å². The molecule has 0 radical (unpaired) electrons. The summed E-state index contributed by atoms with van der Waals surface area (Å²) in [7, 11) is 4.06. The zero-order chi connectivity index (χ0) is 13.3. The minimum Gasteiger partial charge on any atom is -0.377 e. The Kier molecular flexibility index (Phi) is 3.60. The Morgan fingerprint density at radius 1 is 1.44 bits per heavy atom. The van der Waals surface area contributed by atoms with E-state index in [0.717, 1.165) is 6.42 Å². The number of carbonyl (C=O) groups excluding carboxylic acids is 1. The number of nitrogens with zero attached hydrogens (tertiary/aromatic N) is 1. The van der Waals surface area contributed by atoms with Crippen LogP contribution in [0.1, 0.15) is 24.5 Å². The van der Waals surface area contributed by atoms with Crippen molar-refractivity contribution in [3.63, 3.8) is 0 Å². The molecule has 0 aromatic heterocycles. The molecule has 3 nitrogen and oxygen atoms in total. The summed E-state index contributed by atoms with van der Waals surface area (Å²) in [5.74, 6) is 1.02.